The Morgan fingerprint density at radius 3 is 2.63 bits per heavy atom. The van der Waals surface area contributed by atoms with Gasteiger partial charge in [0.1, 0.15) is 0 Å². The van der Waals surface area contributed by atoms with Crippen LogP contribution in [0.1, 0.15) is 5.56 Å². The van der Waals surface area contributed by atoms with E-state index >= 15 is 0 Å². The summed E-state index contributed by atoms with van der Waals surface area (Å²) in [4.78, 5) is 10.2. The Labute approximate surface area is 153 Å². The molecule has 4 aromatic rings. The van der Waals surface area contributed by atoms with Crippen molar-refractivity contribution in [1.82, 2.24) is 20.2 Å². The number of hydrogen-bond donors (Lipinski definition) is 1. The number of nitro groups is 1. The van der Waals surface area contributed by atoms with Crippen LogP contribution in [0.25, 0.3) is 16.5 Å². The molecule has 0 amide bonds. The molecule has 4 rings (SSSR count). The minimum absolute atomic E-state index is 0.0278. The van der Waals surface area contributed by atoms with Crippen molar-refractivity contribution in [3.63, 3.8) is 0 Å². The maximum Gasteiger partial charge on any atom is 0.269 e. The fourth-order valence-corrected chi connectivity index (χ4v) is 2.66. The maximum atomic E-state index is 10.7. The molecular weight excluding hydrogens is 346 g/mol. The topological polar surface area (TPSA) is 111 Å². The monoisotopic (exact) mass is 359 g/mol. The molecule has 3 aromatic carbocycles. The number of rotatable bonds is 5. The molecule has 9 nitrogen and oxygen atoms in total. The van der Waals surface area contributed by atoms with E-state index in [4.69, 9.17) is 0 Å². The Morgan fingerprint density at radius 2 is 1.81 bits per heavy atom. The highest BCUT2D eigenvalue weighted by molar-refractivity contribution is 5.90. The van der Waals surface area contributed by atoms with Crippen molar-refractivity contribution in [1.29, 1.82) is 0 Å². The molecule has 9 heteroatoms. The Hall–Kier alpha value is -4.14. The molecule has 132 valence electrons. The van der Waals surface area contributed by atoms with E-state index in [0.29, 0.717) is 11.5 Å². The molecule has 1 aromatic heterocycles. The second kappa shape index (κ2) is 7.00. The number of tetrazole rings is 1. The third kappa shape index (κ3) is 3.33. The van der Waals surface area contributed by atoms with Gasteiger partial charge in [0, 0.05) is 17.5 Å². The number of hydrazone groups is 1. The van der Waals surface area contributed by atoms with E-state index in [9.17, 15) is 10.1 Å². The molecule has 0 aliphatic carbocycles. The third-order valence-corrected chi connectivity index (χ3v) is 3.95. The molecule has 0 aliphatic heterocycles. The predicted octanol–water partition coefficient (Wildman–Crippen LogP) is 3.17. The van der Waals surface area contributed by atoms with E-state index in [0.717, 1.165) is 16.5 Å². The zero-order chi connectivity index (χ0) is 18.6. The number of aromatic nitrogens is 4. The van der Waals surface area contributed by atoms with Gasteiger partial charge in [0.05, 0.1) is 16.8 Å². The van der Waals surface area contributed by atoms with Gasteiger partial charge in [-0.15, -0.1) is 0 Å². The van der Waals surface area contributed by atoms with Crippen molar-refractivity contribution in [2.24, 2.45) is 5.10 Å². The van der Waals surface area contributed by atoms with Gasteiger partial charge in [-0.05, 0) is 39.6 Å². The molecule has 0 spiro atoms. The van der Waals surface area contributed by atoms with Gasteiger partial charge in [0.2, 0.25) is 0 Å². The summed E-state index contributed by atoms with van der Waals surface area (Å²) in [7, 11) is 0. The minimum atomic E-state index is -0.447. The van der Waals surface area contributed by atoms with E-state index in [1.54, 1.807) is 16.8 Å². The summed E-state index contributed by atoms with van der Waals surface area (Å²) in [5.41, 5.74) is 4.36. The average Bonchev–Trinajstić information content (AvgIpc) is 3.16. The Kier molecular flexibility index (Phi) is 4.24. The van der Waals surface area contributed by atoms with Crippen LogP contribution in [0.2, 0.25) is 0 Å². The van der Waals surface area contributed by atoms with Crippen LogP contribution in [0.4, 0.5) is 11.6 Å². The standard InChI is InChI=1S/C18H13N7O2/c26-25(27)15-10-8-13(9-11-15)12-19-20-18-21-22-23-24(18)17-7-3-5-14-4-1-2-6-16(14)17/h1-12H,(H,20,21,23)/b19-12+. The predicted molar refractivity (Wildman–Crippen MR) is 101 cm³/mol. The lowest BCUT2D eigenvalue weighted by Crippen LogP contribution is -2.04. The maximum absolute atomic E-state index is 10.7. The average molecular weight is 359 g/mol. The van der Waals surface area contributed by atoms with Gasteiger partial charge >= 0.3 is 0 Å². The van der Waals surface area contributed by atoms with Crippen molar-refractivity contribution in [2.45, 2.75) is 0 Å². The van der Waals surface area contributed by atoms with E-state index in [-0.39, 0.29) is 5.69 Å². The van der Waals surface area contributed by atoms with Crippen molar-refractivity contribution in [3.8, 4) is 5.69 Å². The third-order valence-electron chi connectivity index (χ3n) is 3.95. The van der Waals surface area contributed by atoms with Gasteiger partial charge in [-0.25, -0.2) is 5.43 Å². The van der Waals surface area contributed by atoms with Crippen LogP contribution in [0.5, 0.6) is 0 Å². The second-order valence-electron chi connectivity index (χ2n) is 5.63. The van der Waals surface area contributed by atoms with E-state index in [1.165, 1.54) is 18.3 Å². The highest BCUT2D eigenvalue weighted by Gasteiger charge is 2.10. The quantitative estimate of drug-likeness (QED) is 0.333. The van der Waals surface area contributed by atoms with Crippen LogP contribution in [-0.2, 0) is 0 Å². The molecule has 0 aliphatic rings. The van der Waals surface area contributed by atoms with E-state index < -0.39 is 4.92 Å². The number of nitrogens with one attached hydrogen (secondary N) is 1. The van der Waals surface area contributed by atoms with Crippen LogP contribution in [0.15, 0.2) is 71.8 Å². The van der Waals surface area contributed by atoms with Crippen LogP contribution in [0.3, 0.4) is 0 Å². The lowest BCUT2D eigenvalue weighted by molar-refractivity contribution is -0.384. The lowest BCUT2D eigenvalue weighted by atomic mass is 10.1. The van der Waals surface area contributed by atoms with Gasteiger partial charge in [-0.3, -0.25) is 10.1 Å². The van der Waals surface area contributed by atoms with Crippen LogP contribution >= 0.6 is 0 Å². The molecule has 1 N–H and O–H groups in total. The van der Waals surface area contributed by atoms with Gasteiger partial charge in [-0.1, -0.05) is 41.5 Å². The zero-order valence-corrected chi connectivity index (χ0v) is 13.9. The van der Waals surface area contributed by atoms with Crippen LogP contribution in [-0.4, -0.2) is 31.3 Å². The molecule has 0 bridgehead atoms. The first-order valence-electron chi connectivity index (χ1n) is 8.02. The summed E-state index contributed by atoms with van der Waals surface area (Å²) in [6.45, 7) is 0. The largest absolute Gasteiger partial charge is 0.269 e. The number of hydrogen-bond acceptors (Lipinski definition) is 7. The van der Waals surface area contributed by atoms with Crippen LogP contribution in [0, 0.1) is 10.1 Å². The SMILES string of the molecule is O=[N+]([O-])c1ccc(/C=N/Nc2nnnn2-c2cccc3ccccc23)cc1. The fourth-order valence-electron chi connectivity index (χ4n) is 2.66. The molecule has 1 heterocycles. The minimum Gasteiger partial charge on any atom is -0.258 e. The lowest BCUT2D eigenvalue weighted by Gasteiger charge is -2.07. The highest BCUT2D eigenvalue weighted by atomic mass is 16.6. The molecule has 0 radical (unpaired) electrons. The number of benzene rings is 3. The van der Waals surface area contributed by atoms with Gasteiger partial charge in [-0.2, -0.15) is 9.78 Å². The van der Waals surface area contributed by atoms with E-state index in [2.05, 4.69) is 26.1 Å². The number of nitrogens with zero attached hydrogens (tertiary/aromatic N) is 6. The number of non-ortho nitro benzene ring substituents is 1. The van der Waals surface area contributed by atoms with Crippen molar-refractivity contribution < 1.29 is 4.92 Å². The number of nitro benzene ring substituents is 1. The molecule has 0 fully saturated rings. The molecule has 0 unspecified atom stereocenters. The molecule has 0 saturated carbocycles. The molecular formula is C18H13N7O2. The number of anilines is 1. The van der Waals surface area contributed by atoms with Gasteiger partial charge in [0.25, 0.3) is 11.6 Å². The first-order chi connectivity index (χ1) is 13.2. The van der Waals surface area contributed by atoms with E-state index in [1.807, 2.05) is 42.5 Å². The van der Waals surface area contributed by atoms with Crippen molar-refractivity contribution in [3.05, 3.63) is 82.4 Å². The summed E-state index contributed by atoms with van der Waals surface area (Å²) in [6.07, 6.45) is 1.53. The zero-order valence-electron chi connectivity index (χ0n) is 13.9. The molecule has 0 atom stereocenters. The summed E-state index contributed by atoms with van der Waals surface area (Å²) < 4.78 is 1.56. The Balaban J connectivity index is 1.58. The summed E-state index contributed by atoms with van der Waals surface area (Å²) in [5, 5.41) is 28.6. The van der Waals surface area contributed by atoms with Crippen molar-refractivity contribution in [2.75, 3.05) is 5.43 Å². The summed E-state index contributed by atoms with van der Waals surface area (Å²) >= 11 is 0. The first-order valence-corrected chi connectivity index (χ1v) is 8.02. The van der Waals surface area contributed by atoms with Crippen molar-refractivity contribution >= 4 is 28.6 Å². The van der Waals surface area contributed by atoms with Crippen LogP contribution < -0.4 is 5.43 Å². The summed E-state index contributed by atoms with van der Waals surface area (Å²) in [5.74, 6) is 0.351. The second-order valence-corrected chi connectivity index (χ2v) is 5.63. The highest BCUT2D eigenvalue weighted by Crippen LogP contribution is 2.23. The normalized spacial score (nSPS) is 11.1. The number of fused-ring (bicyclic) bond motifs is 1. The molecule has 0 saturated heterocycles. The smallest absolute Gasteiger partial charge is 0.258 e. The fraction of sp³-hybridized carbons (Fsp3) is 0. The Bertz CT molecular complexity index is 1130. The first kappa shape index (κ1) is 16.3. The summed E-state index contributed by atoms with van der Waals surface area (Å²) in [6, 6.07) is 19.9. The Morgan fingerprint density at radius 1 is 1.04 bits per heavy atom. The van der Waals surface area contributed by atoms with Gasteiger partial charge < -0.3 is 0 Å². The molecule has 27 heavy (non-hydrogen) atoms. The van der Waals surface area contributed by atoms with Gasteiger partial charge in [0.15, 0.2) is 0 Å².